The van der Waals surface area contributed by atoms with E-state index in [0.29, 0.717) is 35.4 Å². The average molecular weight is 228 g/mol. The molecule has 1 aromatic heterocycles. The van der Waals surface area contributed by atoms with Crippen LogP contribution in [0.2, 0.25) is 0 Å². The Balaban J connectivity index is 2.44. The fourth-order valence-corrected chi connectivity index (χ4v) is 1.64. The molecule has 0 radical (unpaired) electrons. The molecule has 1 heterocycles. The van der Waals surface area contributed by atoms with Gasteiger partial charge in [0.1, 0.15) is 11.6 Å². The Kier molecular flexibility index (Phi) is 4.36. The van der Waals surface area contributed by atoms with Gasteiger partial charge in [-0.25, -0.2) is 4.98 Å². The summed E-state index contributed by atoms with van der Waals surface area (Å²) in [6, 6.07) is 3.45. The number of aromatic nitrogens is 1. The minimum absolute atomic E-state index is 0.316. The first-order valence-corrected chi connectivity index (χ1v) is 6.23. The van der Waals surface area contributed by atoms with Crippen molar-refractivity contribution in [3.05, 3.63) is 12.1 Å². The fourth-order valence-electron chi connectivity index (χ4n) is 1.02. The maximum Gasteiger partial charge on any atom is 0.149 e. The van der Waals surface area contributed by atoms with Crippen LogP contribution in [-0.4, -0.2) is 27.2 Å². The Morgan fingerprint density at radius 2 is 2.20 bits per heavy atom. The third kappa shape index (κ3) is 3.75. The van der Waals surface area contributed by atoms with Crippen molar-refractivity contribution in [1.82, 2.24) is 4.98 Å². The second-order valence-corrected chi connectivity index (χ2v) is 4.90. The van der Waals surface area contributed by atoms with E-state index in [1.165, 1.54) is 0 Å². The first-order chi connectivity index (χ1) is 7.13. The van der Waals surface area contributed by atoms with Gasteiger partial charge in [-0.1, -0.05) is 6.92 Å². The fraction of sp³-hybridized carbons (Fsp3) is 0.444. The molecule has 1 unspecified atom stereocenters. The smallest absolute Gasteiger partial charge is 0.149 e. The van der Waals surface area contributed by atoms with Crippen LogP contribution in [0.25, 0.3) is 0 Å². The molecule has 1 atom stereocenters. The number of pyridine rings is 1. The molecule has 0 amide bonds. The monoisotopic (exact) mass is 228 g/mol. The second-order valence-electron chi connectivity index (χ2n) is 3.03. The Hall–Kier alpha value is -1.30. The van der Waals surface area contributed by atoms with E-state index in [9.17, 15) is 4.21 Å². The van der Waals surface area contributed by atoms with Crippen LogP contribution >= 0.6 is 0 Å². The summed E-state index contributed by atoms with van der Waals surface area (Å²) in [7, 11) is -0.757. The minimum atomic E-state index is -0.757. The molecule has 0 fully saturated rings. The van der Waals surface area contributed by atoms with Crippen molar-refractivity contribution in [3.8, 4) is 0 Å². The van der Waals surface area contributed by atoms with E-state index in [1.54, 1.807) is 12.1 Å². The van der Waals surface area contributed by atoms with E-state index in [4.69, 9.17) is 11.5 Å². The lowest BCUT2D eigenvalue weighted by molar-refractivity contribution is 0.684. The maximum absolute atomic E-state index is 11.1. The molecule has 0 aliphatic heterocycles. The first-order valence-electron chi connectivity index (χ1n) is 4.74. The van der Waals surface area contributed by atoms with E-state index in [0.717, 1.165) is 0 Å². The Morgan fingerprint density at radius 1 is 1.47 bits per heavy atom. The molecule has 1 aromatic rings. The Morgan fingerprint density at radius 3 is 2.80 bits per heavy atom. The first kappa shape index (κ1) is 11.8. The average Bonchev–Trinajstić information content (AvgIpc) is 2.23. The quantitative estimate of drug-likeness (QED) is 0.679. The summed E-state index contributed by atoms with van der Waals surface area (Å²) in [5.74, 6) is 2.27. The van der Waals surface area contributed by atoms with Gasteiger partial charge in [0.25, 0.3) is 0 Å². The van der Waals surface area contributed by atoms with Crippen LogP contribution in [0.15, 0.2) is 12.1 Å². The summed E-state index contributed by atoms with van der Waals surface area (Å²) in [6.45, 7) is 2.52. The molecule has 0 saturated carbocycles. The van der Waals surface area contributed by atoms with Gasteiger partial charge in [-0.2, -0.15) is 0 Å². The van der Waals surface area contributed by atoms with E-state index >= 15 is 0 Å². The van der Waals surface area contributed by atoms with Crippen molar-refractivity contribution < 1.29 is 4.21 Å². The lowest BCUT2D eigenvalue weighted by Crippen LogP contribution is -2.13. The molecule has 0 aliphatic rings. The second kappa shape index (κ2) is 5.55. The van der Waals surface area contributed by atoms with Crippen LogP contribution in [0.5, 0.6) is 0 Å². The Labute approximate surface area is 91.7 Å². The topological polar surface area (TPSA) is 94.0 Å². The molecular weight excluding hydrogens is 212 g/mol. The van der Waals surface area contributed by atoms with Gasteiger partial charge < -0.3 is 16.8 Å². The highest BCUT2D eigenvalue weighted by atomic mass is 32.2. The number of hydrogen-bond acceptors (Lipinski definition) is 5. The number of anilines is 3. The minimum Gasteiger partial charge on any atom is -0.396 e. The van der Waals surface area contributed by atoms with E-state index in [-0.39, 0.29) is 0 Å². The van der Waals surface area contributed by atoms with Gasteiger partial charge in [-0.15, -0.1) is 0 Å². The number of hydrogen-bond donors (Lipinski definition) is 3. The van der Waals surface area contributed by atoms with Crippen LogP contribution in [-0.2, 0) is 10.8 Å². The van der Waals surface area contributed by atoms with Crippen molar-refractivity contribution >= 4 is 28.1 Å². The van der Waals surface area contributed by atoms with Crippen molar-refractivity contribution in [2.75, 3.05) is 34.8 Å². The largest absolute Gasteiger partial charge is 0.396 e. The van der Waals surface area contributed by atoms with Crippen LogP contribution < -0.4 is 16.8 Å². The molecule has 6 heteroatoms. The molecule has 0 spiro atoms. The SMILES string of the molecule is CCS(=O)CCNc1ccc(N)c(N)n1. The molecular formula is C9H16N4OS. The molecule has 5 N–H and O–H groups in total. The molecule has 84 valence electrons. The van der Waals surface area contributed by atoms with E-state index in [2.05, 4.69) is 10.3 Å². The van der Waals surface area contributed by atoms with Gasteiger partial charge in [0.15, 0.2) is 0 Å². The number of nitrogens with two attached hydrogens (primary N) is 2. The van der Waals surface area contributed by atoms with Gasteiger partial charge in [0.2, 0.25) is 0 Å². The van der Waals surface area contributed by atoms with Gasteiger partial charge >= 0.3 is 0 Å². The lowest BCUT2D eigenvalue weighted by Gasteiger charge is -2.06. The zero-order chi connectivity index (χ0) is 11.3. The highest BCUT2D eigenvalue weighted by molar-refractivity contribution is 7.84. The van der Waals surface area contributed by atoms with Crippen LogP contribution in [0.1, 0.15) is 6.92 Å². The van der Waals surface area contributed by atoms with E-state index in [1.807, 2.05) is 6.92 Å². The molecule has 0 aromatic carbocycles. The summed E-state index contributed by atoms with van der Waals surface area (Å²) in [5, 5.41) is 3.04. The highest BCUT2D eigenvalue weighted by Gasteiger charge is 1.99. The van der Waals surface area contributed by atoms with Crippen LogP contribution in [0.3, 0.4) is 0 Å². The molecule has 0 aliphatic carbocycles. The van der Waals surface area contributed by atoms with Gasteiger partial charge in [-0.05, 0) is 12.1 Å². The standard InChI is InChI=1S/C9H16N4OS/c1-2-15(14)6-5-12-8-4-3-7(10)9(11)13-8/h3-4H,2,5-6,10H2,1H3,(H3,11,12,13). The predicted octanol–water partition coefficient (Wildman–Crippen LogP) is 0.427. The Bertz CT molecular complexity index is 356. The number of rotatable bonds is 5. The van der Waals surface area contributed by atoms with Crippen molar-refractivity contribution in [3.63, 3.8) is 0 Å². The van der Waals surface area contributed by atoms with Crippen molar-refractivity contribution in [2.24, 2.45) is 0 Å². The molecule has 0 bridgehead atoms. The van der Waals surface area contributed by atoms with Crippen molar-refractivity contribution in [2.45, 2.75) is 6.92 Å². The summed E-state index contributed by atoms with van der Waals surface area (Å²) in [6.07, 6.45) is 0. The zero-order valence-electron chi connectivity index (χ0n) is 8.69. The number of nitrogen functional groups attached to an aromatic ring is 2. The zero-order valence-corrected chi connectivity index (χ0v) is 9.51. The maximum atomic E-state index is 11.1. The third-order valence-electron chi connectivity index (χ3n) is 1.92. The predicted molar refractivity (Wildman–Crippen MR) is 65.1 cm³/mol. The summed E-state index contributed by atoms with van der Waals surface area (Å²) >= 11 is 0. The highest BCUT2D eigenvalue weighted by Crippen LogP contribution is 2.14. The van der Waals surface area contributed by atoms with Crippen LogP contribution in [0.4, 0.5) is 17.3 Å². The third-order valence-corrected chi connectivity index (χ3v) is 3.22. The van der Waals surface area contributed by atoms with Crippen molar-refractivity contribution in [1.29, 1.82) is 0 Å². The van der Waals surface area contributed by atoms with Gasteiger partial charge in [0.05, 0.1) is 5.69 Å². The van der Waals surface area contributed by atoms with Crippen LogP contribution in [0, 0.1) is 0 Å². The molecule has 1 rings (SSSR count). The van der Waals surface area contributed by atoms with Gasteiger partial charge in [-0.3, -0.25) is 4.21 Å². The number of nitrogens with one attached hydrogen (secondary N) is 1. The van der Waals surface area contributed by atoms with E-state index < -0.39 is 10.8 Å². The molecule has 15 heavy (non-hydrogen) atoms. The normalized spacial score (nSPS) is 12.3. The summed E-state index contributed by atoms with van der Waals surface area (Å²) in [4.78, 5) is 4.04. The van der Waals surface area contributed by atoms with Gasteiger partial charge in [0, 0.05) is 28.9 Å². The molecule has 5 nitrogen and oxygen atoms in total. The summed E-state index contributed by atoms with van der Waals surface area (Å²) in [5.41, 5.74) is 11.5. The summed E-state index contributed by atoms with van der Waals surface area (Å²) < 4.78 is 11.1. The number of nitrogens with zero attached hydrogens (tertiary/aromatic N) is 1. The molecule has 0 saturated heterocycles. The lowest BCUT2D eigenvalue weighted by atomic mass is 10.4.